The first-order valence-electron chi connectivity index (χ1n) is 8.93. The molecule has 29 heavy (non-hydrogen) atoms. The van der Waals surface area contributed by atoms with Crippen LogP contribution >= 0.6 is 0 Å². The lowest BCUT2D eigenvalue weighted by Crippen LogP contribution is -2.26. The number of hydrogen-bond acceptors (Lipinski definition) is 7. The smallest absolute Gasteiger partial charge is 0.243 e. The summed E-state index contributed by atoms with van der Waals surface area (Å²) in [4.78, 5) is 0.124. The van der Waals surface area contributed by atoms with E-state index in [-0.39, 0.29) is 11.4 Å². The van der Waals surface area contributed by atoms with Gasteiger partial charge in [-0.05, 0) is 36.4 Å². The highest BCUT2D eigenvalue weighted by Crippen LogP contribution is 2.33. The van der Waals surface area contributed by atoms with E-state index in [0.29, 0.717) is 36.2 Å². The van der Waals surface area contributed by atoms with Crippen molar-refractivity contribution in [3.8, 4) is 28.5 Å². The Kier molecular flexibility index (Phi) is 5.16. The van der Waals surface area contributed by atoms with Gasteiger partial charge in [0.1, 0.15) is 24.7 Å². The number of nitrogens with zero attached hydrogens (tertiary/aromatic N) is 2. The zero-order valence-electron chi connectivity index (χ0n) is 16.0. The highest BCUT2D eigenvalue weighted by Gasteiger charge is 2.25. The minimum absolute atomic E-state index is 0.0416. The average Bonchev–Trinajstić information content (AvgIpc) is 3.22. The Labute approximate surface area is 168 Å². The second-order valence-electron chi connectivity index (χ2n) is 6.47. The number of benzene rings is 2. The fourth-order valence-electron chi connectivity index (χ4n) is 2.95. The molecule has 9 heteroatoms. The molecular formula is C20H20N2O6S. The molecule has 0 spiro atoms. The lowest BCUT2D eigenvalue weighted by atomic mass is 10.1. The Bertz CT molecular complexity index is 1110. The third kappa shape index (κ3) is 3.92. The summed E-state index contributed by atoms with van der Waals surface area (Å²) in [5.41, 5.74) is 1.46. The van der Waals surface area contributed by atoms with E-state index in [1.807, 2.05) is 24.3 Å². The first kappa shape index (κ1) is 19.3. The van der Waals surface area contributed by atoms with E-state index in [2.05, 4.69) is 5.16 Å². The first-order valence-corrected chi connectivity index (χ1v) is 10.4. The molecule has 0 unspecified atom stereocenters. The summed E-state index contributed by atoms with van der Waals surface area (Å²) in [6, 6.07) is 13.7. The molecule has 152 valence electrons. The summed E-state index contributed by atoms with van der Waals surface area (Å²) < 4.78 is 48.5. The molecule has 1 aliphatic rings. The van der Waals surface area contributed by atoms with Gasteiger partial charge in [-0.1, -0.05) is 5.16 Å². The molecule has 0 amide bonds. The third-order valence-electron chi connectivity index (χ3n) is 4.55. The molecule has 0 saturated carbocycles. The summed E-state index contributed by atoms with van der Waals surface area (Å²) in [5, 5.41) is 4.03. The number of ether oxygens (including phenoxy) is 3. The summed E-state index contributed by atoms with van der Waals surface area (Å²) in [7, 11) is -0.655. The van der Waals surface area contributed by atoms with Gasteiger partial charge in [0, 0.05) is 24.7 Å². The largest absolute Gasteiger partial charge is 0.497 e. The van der Waals surface area contributed by atoms with E-state index in [1.54, 1.807) is 19.2 Å². The Morgan fingerprint density at radius 1 is 1.03 bits per heavy atom. The summed E-state index contributed by atoms with van der Waals surface area (Å²) >= 11 is 0. The second kappa shape index (κ2) is 7.76. The molecule has 2 heterocycles. The maximum Gasteiger partial charge on any atom is 0.243 e. The summed E-state index contributed by atoms with van der Waals surface area (Å²) in [5.74, 6) is 2.13. The van der Waals surface area contributed by atoms with Crippen molar-refractivity contribution < 1.29 is 27.2 Å². The van der Waals surface area contributed by atoms with Crippen LogP contribution in [-0.4, -0.2) is 45.3 Å². The van der Waals surface area contributed by atoms with E-state index in [4.69, 9.17) is 18.7 Å². The zero-order valence-corrected chi connectivity index (χ0v) is 16.8. The van der Waals surface area contributed by atoms with E-state index in [0.717, 1.165) is 11.3 Å². The molecule has 0 radical (unpaired) electrons. The topological polar surface area (TPSA) is 91.1 Å². The molecule has 0 bridgehead atoms. The number of fused-ring (bicyclic) bond motifs is 1. The van der Waals surface area contributed by atoms with Crippen LogP contribution in [0.15, 0.2) is 57.9 Å². The van der Waals surface area contributed by atoms with Gasteiger partial charge in [0.05, 0.1) is 18.6 Å². The van der Waals surface area contributed by atoms with Gasteiger partial charge in [-0.25, -0.2) is 8.42 Å². The van der Waals surface area contributed by atoms with Crippen molar-refractivity contribution in [2.24, 2.45) is 0 Å². The molecule has 0 atom stereocenters. The van der Waals surface area contributed by atoms with Gasteiger partial charge in [0.15, 0.2) is 17.3 Å². The van der Waals surface area contributed by atoms with Crippen molar-refractivity contribution in [2.75, 3.05) is 27.4 Å². The number of methoxy groups -OCH3 is 1. The van der Waals surface area contributed by atoms with Gasteiger partial charge >= 0.3 is 0 Å². The lowest BCUT2D eigenvalue weighted by Gasteiger charge is -2.20. The normalized spacial score (nSPS) is 13.5. The predicted molar refractivity (Wildman–Crippen MR) is 105 cm³/mol. The molecule has 0 aliphatic carbocycles. The number of hydrogen-bond donors (Lipinski definition) is 0. The van der Waals surface area contributed by atoms with E-state index < -0.39 is 10.0 Å². The Morgan fingerprint density at radius 2 is 1.76 bits per heavy atom. The minimum atomic E-state index is -3.74. The summed E-state index contributed by atoms with van der Waals surface area (Å²) in [6.45, 7) is 0.874. The van der Waals surface area contributed by atoms with Crippen molar-refractivity contribution in [1.29, 1.82) is 0 Å². The maximum atomic E-state index is 12.9. The predicted octanol–water partition coefficient (Wildman–Crippen LogP) is 2.94. The second-order valence-corrected chi connectivity index (χ2v) is 8.52. The van der Waals surface area contributed by atoms with E-state index in [9.17, 15) is 8.42 Å². The van der Waals surface area contributed by atoms with Gasteiger partial charge in [-0.15, -0.1) is 0 Å². The fourth-order valence-corrected chi connectivity index (χ4v) is 4.11. The monoisotopic (exact) mass is 416 g/mol. The van der Waals surface area contributed by atoms with Crippen LogP contribution in [0.25, 0.3) is 11.3 Å². The highest BCUT2D eigenvalue weighted by atomic mass is 32.2. The van der Waals surface area contributed by atoms with Gasteiger partial charge in [0.25, 0.3) is 0 Å². The lowest BCUT2D eigenvalue weighted by molar-refractivity contribution is 0.171. The van der Waals surface area contributed by atoms with Crippen LogP contribution in [0, 0.1) is 0 Å². The number of sulfonamides is 1. The van der Waals surface area contributed by atoms with Crippen LogP contribution in [0.1, 0.15) is 5.76 Å². The van der Waals surface area contributed by atoms with Crippen molar-refractivity contribution in [1.82, 2.24) is 9.46 Å². The van der Waals surface area contributed by atoms with Crippen molar-refractivity contribution in [2.45, 2.75) is 11.4 Å². The van der Waals surface area contributed by atoms with Gasteiger partial charge < -0.3 is 18.7 Å². The Morgan fingerprint density at radius 3 is 2.48 bits per heavy atom. The van der Waals surface area contributed by atoms with Gasteiger partial charge in [0.2, 0.25) is 10.0 Å². The van der Waals surface area contributed by atoms with Crippen LogP contribution in [-0.2, 0) is 16.6 Å². The molecule has 4 rings (SSSR count). The van der Waals surface area contributed by atoms with Crippen LogP contribution in [0.4, 0.5) is 0 Å². The van der Waals surface area contributed by atoms with Gasteiger partial charge in [-0.2, -0.15) is 4.31 Å². The molecule has 1 aromatic heterocycles. The van der Waals surface area contributed by atoms with Crippen LogP contribution in [0.5, 0.6) is 17.2 Å². The molecule has 0 saturated heterocycles. The van der Waals surface area contributed by atoms with Crippen molar-refractivity contribution >= 4 is 10.0 Å². The quantitative estimate of drug-likeness (QED) is 0.610. The molecule has 2 aromatic carbocycles. The van der Waals surface area contributed by atoms with Crippen molar-refractivity contribution in [3.05, 3.63) is 54.3 Å². The Hall–Kier alpha value is -3.04. The molecule has 1 aliphatic heterocycles. The van der Waals surface area contributed by atoms with Crippen LogP contribution in [0.3, 0.4) is 0 Å². The molecule has 0 N–H and O–H groups in total. The first-order chi connectivity index (χ1) is 14.0. The fraction of sp³-hybridized carbons (Fsp3) is 0.250. The summed E-state index contributed by atoms with van der Waals surface area (Å²) in [6.07, 6.45) is 0. The maximum absolute atomic E-state index is 12.9. The molecular weight excluding hydrogens is 396 g/mol. The highest BCUT2D eigenvalue weighted by molar-refractivity contribution is 7.89. The van der Waals surface area contributed by atoms with E-state index in [1.165, 1.54) is 23.5 Å². The van der Waals surface area contributed by atoms with E-state index >= 15 is 0 Å². The third-order valence-corrected chi connectivity index (χ3v) is 6.34. The molecule has 8 nitrogen and oxygen atoms in total. The van der Waals surface area contributed by atoms with Crippen LogP contribution in [0.2, 0.25) is 0 Å². The zero-order chi connectivity index (χ0) is 20.4. The average molecular weight is 416 g/mol. The van der Waals surface area contributed by atoms with Gasteiger partial charge in [-0.3, -0.25) is 0 Å². The SMILES string of the molecule is COc1ccc(-c2cc(CN(C)S(=O)(=O)c3ccc4c(c3)OCCO4)on2)cc1. The number of aromatic nitrogens is 1. The minimum Gasteiger partial charge on any atom is -0.497 e. The standard InChI is InChI=1S/C20H20N2O6S/c1-22(29(23,24)17-7-8-19-20(12-17)27-10-9-26-19)13-16-11-18(21-28-16)14-3-5-15(25-2)6-4-14/h3-8,11-12H,9-10,13H2,1-2H3. The molecule has 0 fully saturated rings. The Balaban J connectivity index is 1.51. The van der Waals surface area contributed by atoms with Crippen LogP contribution < -0.4 is 14.2 Å². The van der Waals surface area contributed by atoms with Crippen molar-refractivity contribution in [3.63, 3.8) is 0 Å². The molecule has 3 aromatic rings. The number of rotatable bonds is 6.